The molecule has 0 spiro atoms. The van der Waals surface area contributed by atoms with Crippen molar-refractivity contribution in [2.75, 3.05) is 11.1 Å². The molecule has 3 rings (SSSR count). The van der Waals surface area contributed by atoms with Crippen LogP contribution in [0.4, 0.5) is 23.2 Å². The van der Waals surface area contributed by atoms with E-state index in [1.54, 1.807) is 0 Å². The van der Waals surface area contributed by atoms with Crippen molar-refractivity contribution < 1.29 is 32.3 Å². The van der Waals surface area contributed by atoms with Crippen molar-refractivity contribution in [2.24, 2.45) is 5.41 Å². The van der Waals surface area contributed by atoms with Gasteiger partial charge in [-0.15, -0.1) is 5.10 Å². The van der Waals surface area contributed by atoms with E-state index in [1.165, 1.54) is 26.0 Å². The Balaban J connectivity index is 1.73. The summed E-state index contributed by atoms with van der Waals surface area (Å²) in [6.45, 7) is 2.71. The second-order valence-electron chi connectivity index (χ2n) is 7.84. The Bertz CT molecular complexity index is 1430. The minimum atomic E-state index is -4.62. The number of amides is 1. The molecule has 0 aliphatic carbocycles. The average Bonchev–Trinajstić information content (AvgIpc) is 3.28. The van der Waals surface area contributed by atoms with Crippen molar-refractivity contribution in [3.63, 3.8) is 0 Å². The van der Waals surface area contributed by atoms with Crippen molar-refractivity contribution in [2.45, 2.75) is 25.2 Å². The minimum Gasteiger partial charge on any atom is -0.480 e. The topological polar surface area (TPSA) is 110 Å². The van der Waals surface area contributed by atoms with E-state index in [0.717, 1.165) is 34.6 Å². The van der Waals surface area contributed by atoms with Gasteiger partial charge in [0.1, 0.15) is 10.4 Å². The number of nitrogens with one attached hydrogen (secondary N) is 1. The van der Waals surface area contributed by atoms with Gasteiger partial charge in [-0.1, -0.05) is 46.8 Å². The predicted octanol–water partition coefficient (Wildman–Crippen LogP) is 5.32. The van der Waals surface area contributed by atoms with Crippen LogP contribution in [0.2, 0.25) is 10.0 Å². The van der Waals surface area contributed by atoms with Crippen molar-refractivity contribution in [3.8, 4) is 17.5 Å². The summed E-state index contributed by atoms with van der Waals surface area (Å²) in [5.74, 6) is 1.76. The molecule has 8 nitrogen and oxygen atoms in total. The molecule has 0 saturated carbocycles. The van der Waals surface area contributed by atoms with Crippen LogP contribution in [0.3, 0.4) is 0 Å². The molecule has 194 valence electrons. The maximum absolute atomic E-state index is 14.6. The summed E-state index contributed by atoms with van der Waals surface area (Å²) in [7, 11) is 0. The number of nitrogens with zero attached hydrogens (tertiary/aromatic N) is 4. The highest BCUT2D eigenvalue weighted by molar-refractivity contribution is 7.99. The second-order valence-corrected chi connectivity index (χ2v) is 9.57. The minimum absolute atomic E-state index is 0.0275. The molecule has 3 aromatic rings. The standard InChI is InChI=1S/C22H15Cl2F4N5O3S/c1-21(2,19(35)36)8-7-11-3-6-14(17(24)18(11)25)29-16(34)10-37-20-30-31-32-33(20)15-9-12(22(26,27)28)4-5-13(15)23/h3-6,9H,10H2,1-2H3,(H,29,34)(H,35,36). The van der Waals surface area contributed by atoms with Crippen LogP contribution in [0.25, 0.3) is 5.69 Å². The van der Waals surface area contributed by atoms with Gasteiger partial charge in [0.05, 0.1) is 33.3 Å². The first-order valence-corrected chi connectivity index (χ1v) is 11.8. The molecule has 0 bridgehead atoms. The number of rotatable bonds is 6. The molecule has 2 aromatic carbocycles. The molecular formula is C22H15Cl2F4N5O3S. The maximum atomic E-state index is 14.6. The molecule has 0 saturated heterocycles. The van der Waals surface area contributed by atoms with Gasteiger partial charge in [0, 0.05) is 0 Å². The Kier molecular flexibility index (Phi) is 8.36. The first-order chi connectivity index (χ1) is 17.2. The van der Waals surface area contributed by atoms with Crippen molar-refractivity contribution in [3.05, 3.63) is 57.3 Å². The van der Waals surface area contributed by atoms with Gasteiger partial charge in [-0.05, 0) is 54.6 Å². The molecular weight excluding hydrogens is 561 g/mol. The molecule has 0 radical (unpaired) electrons. The summed E-state index contributed by atoms with van der Waals surface area (Å²) in [4.78, 5) is 23.6. The van der Waals surface area contributed by atoms with Crippen molar-refractivity contribution in [1.29, 1.82) is 0 Å². The highest BCUT2D eigenvalue weighted by atomic mass is 35.5. The smallest absolute Gasteiger partial charge is 0.416 e. The molecule has 1 aromatic heterocycles. The summed E-state index contributed by atoms with van der Waals surface area (Å²) < 4.78 is 54.8. The third-order valence-electron chi connectivity index (χ3n) is 4.68. The average molecular weight is 576 g/mol. The summed E-state index contributed by atoms with van der Waals surface area (Å²) in [5, 5.41) is 21.8. The van der Waals surface area contributed by atoms with Crippen molar-refractivity contribution in [1.82, 2.24) is 20.2 Å². The van der Waals surface area contributed by atoms with Gasteiger partial charge in [0.25, 0.3) is 0 Å². The Morgan fingerprint density at radius 1 is 1.19 bits per heavy atom. The lowest BCUT2D eigenvalue weighted by atomic mass is 9.94. The first-order valence-electron chi connectivity index (χ1n) is 10.0. The fourth-order valence-electron chi connectivity index (χ4n) is 2.61. The number of carbonyl (C=O) groups excluding carboxylic acids is 1. The fraction of sp³-hybridized carbons (Fsp3) is 0.227. The third-order valence-corrected chi connectivity index (χ3v) is 6.28. The van der Waals surface area contributed by atoms with Crippen LogP contribution >= 0.6 is 35.0 Å². The van der Waals surface area contributed by atoms with E-state index in [9.17, 15) is 27.2 Å². The molecule has 0 atom stereocenters. The number of carboxylic acid groups (broad SMARTS) is 1. The van der Waals surface area contributed by atoms with Crippen LogP contribution in [0.1, 0.15) is 25.0 Å². The van der Waals surface area contributed by atoms with Gasteiger partial charge < -0.3 is 10.4 Å². The largest absolute Gasteiger partial charge is 0.480 e. The van der Waals surface area contributed by atoms with Gasteiger partial charge in [-0.25, -0.2) is 4.39 Å². The van der Waals surface area contributed by atoms with E-state index in [0.29, 0.717) is 0 Å². The van der Waals surface area contributed by atoms with E-state index in [-0.39, 0.29) is 32.9 Å². The summed E-state index contributed by atoms with van der Waals surface area (Å²) in [5.41, 5.74) is -2.77. The fourth-order valence-corrected chi connectivity index (χ4v) is 3.70. The number of halogens is 6. The number of thioether (sulfide) groups is 1. The number of benzene rings is 2. The molecule has 0 aliphatic heterocycles. The van der Waals surface area contributed by atoms with Gasteiger partial charge in [0.15, 0.2) is 5.82 Å². The zero-order chi connectivity index (χ0) is 27.5. The number of anilines is 1. The van der Waals surface area contributed by atoms with Crippen LogP contribution in [-0.4, -0.2) is 42.9 Å². The lowest BCUT2D eigenvalue weighted by molar-refractivity contribution is -0.143. The lowest BCUT2D eigenvalue weighted by Gasteiger charge is -2.11. The zero-order valence-corrected chi connectivity index (χ0v) is 21.2. The number of aromatic nitrogens is 4. The number of tetrazole rings is 1. The molecule has 15 heteroatoms. The maximum Gasteiger partial charge on any atom is 0.416 e. The normalized spacial score (nSPS) is 11.6. The monoisotopic (exact) mass is 575 g/mol. The van der Waals surface area contributed by atoms with Crippen molar-refractivity contribution >= 4 is 52.5 Å². The number of hydrogen-bond donors (Lipinski definition) is 2. The van der Waals surface area contributed by atoms with Crippen LogP contribution in [0.15, 0.2) is 35.5 Å². The van der Waals surface area contributed by atoms with Gasteiger partial charge >= 0.3 is 12.1 Å². The summed E-state index contributed by atoms with van der Waals surface area (Å²) in [6.07, 6.45) is -4.62. The number of aliphatic carboxylic acids is 1. The van der Waals surface area contributed by atoms with E-state index >= 15 is 0 Å². The molecule has 0 aliphatic rings. The van der Waals surface area contributed by atoms with Gasteiger partial charge in [0.2, 0.25) is 11.1 Å². The summed E-state index contributed by atoms with van der Waals surface area (Å²) in [6, 6.07) is 5.15. The highest BCUT2D eigenvalue weighted by Crippen LogP contribution is 2.34. The van der Waals surface area contributed by atoms with Gasteiger partial charge in [-0.2, -0.15) is 17.9 Å². The quantitative estimate of drug-likeness (QED) is 0.232. The zero-order valence-electron chi connectivity index (χ0n) is 18.8. The van der Waals surface area contributed by atoms with Crippen LogP contribution in [0, 0.1) is 23.1 Å². The van der Waals surface area contributed by atoms with E-state index in [4.69, 9.17) is 28.3 Å². The number of alkyl halides is 3. The molecule has 0 fully saturated rings. The number of carboxylic acids is 1. The van der Waals surface area contributed by atoms with E-state index < -0.39 is 39.9 Å². The van der Waals surface area contributed by atoms with Gasteiger partial charge in [-0.3, -0.25) is 9.59 Å². The highest BCUT2D eigenvalue weighted by Gasteiger charge is 2.31. The molecule has 1 amide bonds. The van der Waals surface area contributed by atoms with Crippen LogP contribution in [-0.2, 0) is 15.8 Å². The number of hydrogen-bond acceptors (Lipinski definition) is 6. The van der Waals surface area contributed by atoms with E-state index in [2.05, 4.69) is 32.7 Å². The summed E-state index contributed by atoms with van der Waals surface area (Å²) >= 11 is 12.8. The molecule has 2 N–H and O–H groups in total. The Morgan fingerprint density at radius 3 is 2.54 bits per heavy atom. The second kappa shape index (κ2) is 11.0. The van der Waals surface area contributed by atoms with E-state index in [1.807, 2.05) is 0 Å². The number of carbonyl (C=O) groups is 2. The third kappa shape index (κ3) is 6.71. The molecule has 37 heavy (non-hydrogen) atoms. The predicted molar refractivity (Wildman–Crippen MR) is 128 cm³/mol. The Hall–Kier alpha value is -3.34. The SMILES string of the molecule is CC(C)(C#Cc1ccc(NC(=O)CSc2nnnn2-c2cc(C(F)(F)F)ccc2Cl)c(Cl)c1F)C(=O)O. The van der Waals surface area contributed by atoms with Crippen LogP contribution in [0.5, 0.6) is 0 Å². The first kappa shape index (κ1) is 28.2. The Morgan fingerprint density at radius 2 is 1.89 bits per heavy atom. The molecule has 0 unspecified atom stereocenters. The Labute approximate surface area is 221 Å². The van der Waals surface area contributed by atoms with Crippen LogP contribution < -0.4 is 5.32 Å². The molecule has 1 heterocycles. The lowest BCUT2D eigenvalue weighted by Crippen LogP contribution is -2.21.